The average molecular weight is 236 g/mol. The van der Waals surface area contributed by atoms with Crippen molar-refractivity contribution in [2.45, 2.75) is 38.2 Å². The highest BCUT2D eigenvalue weighted by atomic mass is 16.3. The summed E-state index contributed by atoms with van der Waals surface area (Å²) in [5.74, 6) is 1.57. The van der Waals surface area contributed by atoms with Crippen molar-refractivity contribution in [1.29, 1.82) is 0 Å². The van der Waals surface area contributed by atoms with E-state index >= 15 is 0 Å². The number of nitrogens with one attached hydrogen (secondary N) is 2. The Morgan fingerprint density at radius 2 is 1.88 bits per heavy atom. The summed E-state index contributed by atoms with van der Waals surface area (Å²) in [7, 11) is 0. The van der Waals surface area contributed by atoms with Gasteiger partial charge in [-0.2, -0.15) is 0 Å². The van der Waals surface area contributed by atoms with Crippen LogP contribution < -0.4 is 10.6 Å². The van der Waals surface area contributed by atoms with E-state index in [0.717, 1.165) is 43.9 Å². The smallest absolute Gasteiger partial charge is 0.131 e. The van der Waals surface area contributed by atoms with E-state index in [9.17, 15) is 5.11 Å². The second-order valence-electron chi connectivity index (χ2n) is 4.60. The fourth-order valence-corrected chi connectivity index (χ4v) is 2.20. The van der Waals surface area contributed by atoms with Crippen LogP contribution in [-0.4, -0.2) is 33.8 Å². The minimum absolute atomic E-state index is 0.552. The molecular weight excluding hydrogens is 216 g/mol. The quantitative estimate of drug-likeness (QED) is 0.725. The number of aliphatic hydroxyl groups is 1. The predicted molar refractivity (Wildman–Crippen MR) is 68.1 cm³/mol. The fraction of sp³-hybridized carbons (Fsp3) is 0.667. The second-order valence-corrected chi connectivity index (χ2v) is 4.60. The van der Waals surface area contributed by atoms with Crippen LogP contribution in [0.2, 0.25) is 0 Å². The van der Waals surface area contributed by atoms with Crippen molar-refractivity contribution in [1.82, 2.24) is 9.97 Å². The summed E-state index contributed by atoms with van der Waals surface area (Å²) in [5, 5.41) is 16.5. The third-order valence-corrected chi connectivity index (χ3v) is 3.16. The molecule has 0 radical (unpaired) electrons. The van der Waals surface area contributed by atoms with Gasteiger partial charge < -0.3 is 15.7 Å². The Hall–Kier alpha value is -1.36. The van der Waals surface area contributed by atoms with E-state index in [2.05, 4.69) is 20.6 Å². The number of hydrogen-bond acceptors (Lipinski definition) is 5. The Kier molecular flexibility index (Phi) is 3.78. The molecule has 0 saturated heterocycles. The molecule has 1 fully saturated rings. The van der Waals surface area contributed by atoms with E-state index in [-0.39, 0.29) is 0 Å². The highest BCUT2D eigenvalue weighted by molar-refractivity contribution is 5.46. The summed E-state index contributed by atoms with van der Waals surface area (Å²) in [6, 6.07) is 1.86. The van der Waals surface area contributed by atoms with Gasteiger partial charge in [0.15, 0.2) is 0 Å². The molecule has 0 aromatic carbocycles. The molecule has 1 aliphatic rings. The van der Waals surface area contributed by atoms with Gasteiger partial charge in [-0.1, -0.05) is 12.8 Å². The summed E-state index contributed by atoms with van der Waals surface area (Å²) in [4.78, 5) is 8.24. The molecule has 0 atom stereocenters. The summed E-state index contributed by atoms with van der Waals surface area (Å²) >= 11 is 0. The fourth-order valence-electron chi connectivity index (χ4n) is 2.20. The Balaban J connectivity index is 1.91. The lowest BCUT2D eigenvalue weighted by atomic mass is 10.0. The summed E-state index contributed by atoms with van der Waals surface area (Å²) in [6.07, 6.45) is 5.52. The van der Waals surface area contributed by atoms with Gasteiger partial charge in [-0.05, 0) is 19.8 Å². The molecule has 1 saturated carbocycles. The van der Waals surface area contributed by atoms with Crippen LogP contribution in [0.15, 0.2) is 12.4 Å². The Morgan fingerprint density at radius 1 is 1.24 bits per heavy atom. The highest BCUT2D eigenvalue weighted by Gasteiger charge is 2.30. The third kappa shape index (κ3) is 3.30. The van der Waals surface area contributed by atoms with Crippen molar-refractivity contribution < 1.29 is 5.11 Å². The van der Waals surface area contributed by atoms with Crippen LogP contribution in [0.5, 0.6) is 0 Å². The first kappa shape index (κ1) is 12.1. The van der Waals surface area contributed by atoms with Crippen molar-refractivity contribution >= 4 is 11.6 Å². The Bertz CT molecular complexity index is 363. The lowest BCUT2D eigenvalue weighted by Gasteiger charge is -2.22. The van der Waals surface area contributed by atoms with Gasteiger partial charge in [0.2, 0.25) is 0 Å². The van der Waals surface area contributed by atoms with Crippen LogP contribution in [0.4, 0.5) is 11.6 Å². The lowest BCUT2D eigenvalue weighted by molar-refractivity contribution is 0.0614. The van der Waals surface area contributed by atoms with Crippen molar-refractivity contribution in [2.75, 3.05) is 23.7 Å². The standard InChI is InChI=1S/C12H20N4O/c1-2-13-10-7-11(16-9-15-10)14-8-12(17)5-3-4-6-12/h7,9,17H,2-6,8H2,1H3,(H2,13,14,15,16). The molecule has 1 aliphatic carbocycles. The molecule has 5 heteroatoms. The number of nitrogens with zero attached hydrogens (tertiary/aromatic N) is 2. The van der Waals surface area contributed by atoms with Crippen molar-refractivity contribution in [2.24, 2.45) is 0 Å². The first-order chi connectivity index (χ1) is 8.22. The topological polar surface area (TPSA) is 70.1 Å². The largest absolute Gasteiger partial charge is 0.388 e. The normalized spacial score (nSPS) is 18.0. The van der Waals surface area contributed by atoms with Crippen molar-refractivity contribution in [3.05, 3.63) is 12.4 Å². The van der Waals surface area contributed by atoms with Gasteiger partial charge in [0.05, 0.1) is 5.60 Å². The molecule has 0 aliphatic heterocycles. The van der Waals surface area contributed by atoms with E-state index in [1.807, 2.05) is 13.0 Å². The summed E-state index contributed by atoms with van der Waals surface area (Å²) in [6.45, 7) is 3.42. The first-order valence-corrected chi connectivity index (χ1v) is 6.24. The van der Waals surface area contributed by atoms with E-state index < -0.39 is 5.60 Å². The maximum Gasteiger partial charge on any atom is 0.131 e. The van der Waals surface area contributed by atoms with E-state index in [1.54, 1.807) is 0 Å². The Labute approximate surface area is 102 Å². The molecule has 0 unspecified atom stereocenters. The molecule has 1 heterocycles. The van der Waals surface area contributed by atoms with Gasteiger partial charge in [0.25, 0.3) is 0 Å². The van der Waals surface area contributed by atoms with Gasteiger partial charge in [0, 0.05) is 19.2 Å². The minimum atomic E-state index is -0.552. The monoisotopic (exact) mass is 236 g/mol. The molecule has 5 nitrogen and oxygen atoms in total. The Morgan fingerprint density at radius 3 is 2.53 bits per heavy atom. The van der Waals surface area contributed by atoms with Crippen molar-refractivity contribution in [3.8, 4) is 0 Å². The zero-order valence-corrected chi connectivity index (χ0v) is 10.2. The molecule has 94 valence electrons. The van der Waals surface area contributed by atoms with Crippen LogP contribution in [-0.2, 0) is 0 Å². The predicted octanol–water partition coefficient (Wildman–Crippen LogP) is 1.63. The van der Waals surface area contributed by atoms with Gasteiger partial charge in [0.1, 0.15) is 18.0 Å². The molecule has 17 heavy (non-hydrogen) atoms. The van der Waals surface area contributed by atoms with Crippen LogP contribution in [0, 0.1) is 0 Å². The average Bonchev–Trinajstić information content (AvgIpc) is 2.76. The molecule has 0 amide bonds. The second kappa shape index (κ2) is 5.31. The first-order valence-electron chi connectivity index (χ1n) is 6.24. The van der Waals surface area contributed by atoms with Gasteiger partial charge in [-0.25, -0.2) is 9.97 Å². The number of rotatable bonds is 5. The highest BCUT2D eigenvalue weighted by Crippen LogP contribution is 2.29. The molecule has 0 bridgehead atoms. The SMILES string of the molecule is CCNc1cc(NCC2(O)CCCC2)ncn1. The van der Waals surface area contributed by atoms with Gasteiger partial charge in [-0.15, -0.1) is 0 Å². The molecule has 3 N–H and O–H groups in total. The molecule has 0 spiro atoms. The van der Waals surface area contributed by atoms with Crippen LogP contribution in [0.3, 0.4) is 0 Å². The van der Waals surface area contributed by atoms with Crippen LogP contribution in [0.25, 0.3) is 0 Å². The summed E-state index contributed by atoms with van der Waals surface area (Å²) in [5.41, 5.74) is -0.552. The zero-order valence-electron chi connectivity index (χ0n) is 10.2. The molecule has 1 aromatic heterocycles. The van der Waals surface area contributed by atoms with Crippen LogP contribution in [0.1, 0.15) is 32.6 Å². The summed E-state index contributed by atoms with van der Waals surface area (Å²) < 4.78 is 0. The number of aromatic nitrogens is 2. The molecule has 1 aromatic rings. The van der Waals surface area contributed by atoms with E-state index in [4.69, 9.17) is 0 Å². The number of anilines is 2. The van der Waals surface area contributed by atoms with Crippen molar-refractivity contribution in [3.63, 3.8) is 0 Å². The zero-order chi connectivity index (χ0) is 12.1. The van der Waals surface area contributed by atoms with Crippen LogP contribution >= 0.6 is 0 Å². The van der Waals surface area contributed by atoms with E-state index in [0.29, 0.717) is 6.54 Å². The van der Waals surface area contributed by atoms with Gasteiger partial charge in [-0.3, -0.25) is 0 Å². The molecular formula is C12H20N4O. The maximum absolute atomic E-state index is 10.2. The van der Waals surface area contributed by atoms with Gasteiger partial charge >= 0.3 is 0 Å². The lowest BCUT2D eigenvalue weighted by Crippen LogP contribution is -2.33. The molecule has 2 rings (SSSR count). The van der Waals surface area contributed by atoms with E-state index in [1.165, 1.54) is 6.33 Å². The maximum atomic E-state index is 10.2. The third-order valence-electron chi connectivity index (χ3n) is 3.16. The minimum Gasteiger partial charge on any atom is -0.388 e. The number of hydrogen-bond donors (Lipinski definition) is 3.